The molecule has 33 heavy (non-hydrogen) atoms. The molecule has 1 fully saturated rings. The van der Waals surface area contributed by atoms with E-state index in [0.29, 0.717) is 45.6 Å². The molecule has 0 aliphatic carbocycles. The van der Waals surface area contributed by atoms with E-state index in [0.717, 1.165) is 33.5 Å². The van der Waals surface area contributed by atoms with Crippen LogP contribution < -0.4 is 9.74 Å². The lowest BCUT2D eigenvalue weighted by Crippen LogP contribution is -2.49. The fourth-order valence-electron chi connectivity index (χ4n) is 4.00. The molecule has 1 aliphatic rings. The number of aryl methyl sites for hydroxylation is 1. The van der Waals surface area contributed by atoms with Gasteiger partial charge < -0.3 is 19.7 Å². The number of carbonyl (C=O) groups excluding carboxylic acids is 1. The van der Waals surface area contributed by atoms with E-state index >= 15 is 0 Å². The maximum atomic E-state index is 12.7. The first-order valence-electron chi connectivity index (χ1n) is 11.1. The molecule has 1 aromatic carbocycles. The predicted octanol–water partition coefficient (Wildman–Crippen LogP) is 2.26. The van der Waals surface area contributed by atoms with Crippen molar-refractivity contribution >= 4 is 44.3 Å². The number of aromatic nitrogens is 5. The Morgan fingerprint density at radius 3 is 2.82 bits per heavy atom. The maximum Gasteiger partial charge on any atom is 0.317 e. The van der Waals surface area contributed by atoms with Crippen LogP contribution in [0.4, 0.5) is 5.82 Å². The molecular weight excluding hydrogens is 442 g/mol. The number of aromatic hydroxyl groups is 1. The molecule has 3 aromatic heterocycles. The number of piperazine rings is 1. The highest BCUT2D eigenvalue weighted by Gasteiger charge is 2.24. The lowest BCUT2D eigenvalue weighted by Gasteiger charge is -2.35. The molecule has 0 spiro atoms. The molecule has 0 saturated carbocycles. The van der Waals surface area contributed by atoms with Gasteiger partial charge >= 0.3 is 6.01 Å². The van der Waals surface area contributed by atoms with E-state index in [-0.39, 0.29) is 11.9 Å². The normalized spacial score (nSPS) is 14.3. The smallest absolute Gasteiger partial charge is 0.317 e. The quantitative estimate of drug-likeness (QED) is 0.412. The van der Waals surface area contributed by atoms with Gasteiger partial charge in [0.1, 0.15) is 28.3 Å². The van der Waals surface area contributed by atoms with Crippen LogP contribution in [0.3, 0.4) is 0 Å². The molecule has 1 N–H and O–H groups in total. The van der Waals surface area contributed by atoms with Crippen molar-refractivity contribution in [3.05, 3.63) is 35.2 Å². The standard InChI is InChI=1S/C22H25N7O3S/c1-2-15-14-16-20(23-22(31)24-21(16)33-15)28-11-9-27(10-12-28)19(30)8-5-13-32-29-18-7-4-3-6-17(18)25-26-29/h3-4,6-7,14H,2,5,8-13H2,1H3,(H,23,24,31). The van der Waals surface area contributed by atoms with E-state index in [1.165, 1.54) is 9.72 Å². The number of thiophene rings is 1. The number of rotatable bonds is 7. The largest absolute Gasteiger partial charge is 0.479 e. The monoisotopic (exact) mass is 467 g/mol. The summed E-state index contributed by atoms with van der Waals surface area (Å²) in [6.07, 6.45) is 1.93. The van der Waals surface area contributed by atoms with E-state index in [4.69, 9.17) is 4.84 Å². The summed E-state index contributed by atoms with van der Waals surface area (Å²) in [5.74, 6) is 0.857. The third-order valence-electron chi connectivity index (χ3n) is 5.76. The topological polar surface area (TPSA) is 110 Å². The van der Waals surface area contributed by atoms with Gasteiger partial charge in [-0.05, 0) is 36.3 Å². The molecule has 0 atom stereocenters. The number of nitrogens with zero attached hydrogens (tertiary/aromatic N) is 7. The molecule has 172 valence electrons. The fraction of sp³-hybridized carbons (Fsp3) is 0.409. The van der Waals surface area contributed by atoms with Crippen LogP contribution in [0, 0.1) is 0 Å². The van der Waals surface area contributed by atoms with Gasteiger partial charge in [0.15, 0.2) is 0 Å². The van der Waals surface area contributed by atoms with Crippen molar-refractivity contribution in [1.82, 2.24) is 30.0 Å². The lowest BCUT2D eigenvalue weighted by atomic mass is 10.2. The zero-order valence-electron chi connectivity index (χ0n) is 18.3. The van der Waals surface area contributed by atoms with Crippen molar-refractivity contribution in [2.75, 3.05) is 37.7 Å². The summed E-state index contributed by atoms with van der Waals surface area (Å²) in [6.45, 7) is 5.04. The van der Waals surface area contributed by atoms with Gasteiger partial charge in [-0.25, -0.2) is 0 Å². The second-order valence-corrected chi connectivity index (χ2v) is 9.00. The van der Waals surface area contributed by atoms with Crippen LogP contribution in [0.5, 0.6) is 6.01 Å². The summed E-state index contributed by atoms with van der Waals surface area (Å²) in [4.78, 5) is 34.2. The number of hydrogen-bond donors (Lipinski definition) is 1. The molecule has 4 aromatic rings. The molecule has 0 bridgehead atoms. The second kappa shape index (κ2) is 9.18. The van der Waals surface area contributed by atoms with E-state index in [1.807, 2.05) is 29.2 Å². The average molecular weight is 468 g/mol. The predicted molar refractivity (Wildman–Crippen MR) is 125 cm³/mol. The molecule has 10 nitrogen and oxygen atoms in total. The Balaban J connectivity index is 1.13. The van der Waals surface area contributed by atoms with E-state index < -0.39 is 0 Å². The number of hydrogen-bond acceptors (Lipinski definition) is 9. The van der Waals surface area contributed by atoms with Gasteiger partial charge in [0.25, 0.3) is 0 Å². The Morgan fingerprint density at radius 1 is 1.18 bits per heavy atom. The summed E-state index contributed by atoms with van der Waals surface area (Å²) in [6, 6.07) is 9.47. The van der Waals surface area contributed by atoms with Gasteiger partial charge in [0.05, 0.1) is 5.39 Å². The molecule has 0 unspecified atom stereocenters. The maximum absolute atomic E-state index is 12.7. The third kappa shape index (κ3) is 4.40. The molecule has 1 aliphatic heterocycles. The van der Waals surface area contributed by atoms with Crippen LogP contribution >= 0.6 is 11.3 Å². The first kappa shape index (κ1) is 21.4. The van der Waals surface area contributed by atoms with Crippen molar-refractivity contribution in [3.8, 4) is 6.01 Å². The third-order valence-corrected chi connectivity index (χ3v) is 6.94. The summed E-state index contributed by atoms with van der Waals surface area (Å²) in [7, 11) is 0. The lowest BCUT2D eigenvalue weighted by molar-refractivity contribution is -0.131. The van der Waals surface area contributed by atoms with Crippen LogP contribution in [0.1, 0.15) is 24.6 Å². The summed E-state index contributed by atoms with van der Waals surface area (Å²) in [5, 5.41) is 19.0. The highest BCUT2D eigenvalue weighted by molar-refractivity contribution is 7.18. The minimum Gasteiger partial charge on any atom is -0.479 e. The van der Waals surface area contributed by atoms with E-state index in [9.17, 15) is 9.90 Å². The minimum absolute atomic E-state index is 0.112. The van der Waals surface area contributed by atoms with Crippen molar-refractivity contribution in [2.24, 2.45) is 0 Å². The molecule has 4 heterocycles. The van der Waals surface area contributed by atoms with Crippen LogP contribution in [0.25, 0.3) is 21.3 Å². The highest BCUT2D eigenvalue weighted by atomic mass is 32.1. The average Bonchev–Trinajstić information content (AvgIpc) is 3.45. The number of fused-ring (bicyclic) bond motifs is 2. The van der Waals surface area contributed by atoms with Gasteiger partial charge in [-0.15, -0.1) is 16.4 Å². The van der Waals surface area contributed by atoms with Crippen LogP contribution in [0.2, 0.25) is 0 Å². The number of amides is 1. The number of para-hydroxylation sites is 1. The van der Waals surface area contributed by atoms with Crippen LogP contribution in [-0.4, -0.2) is 73.8 Å². The molecular formula is C22H25N7O3S. The Kier molecular flexibility index (Phi) is 5.95. The molecule has 1 amide bonds. The van der Waals surface area contributed by atoms with E-state index in [1.54, 1.807) is 11.3 Å². The molecule has 11 heteroatoms. The fourth-order valence-corrected chi connectivity index (χ4v) is 4.96. The molecule has 1 saturated heterocycles. The van der Waals surface area contributed by atoms with Gasteiger partial charge in [0, 0.05) is 37.5 Å². The zero-order chi connectivity index (χ0) is 22.8. The van der Waals surface area contributed by atoms with Gasteiger partial charge in [0.2, 0.25) is 5.91 Å². The summed E-state index contributed by atoms with van der Waals surface area (Å²) < 4.78 is 0. The summed E-state index contributed by atoms with van der Waals surface area (Å²) >= 11 is 1.58. The minimum atomic E-state index is -0.208. The second-order valence-electron chi connectivity index (χ2n) is 7.89. The van der Waals surface area contributed by atoms with Gasteiger partial charge in [-0.3, -0.25) is 4.79 Å². The number of carbonyl (C=O) groups is 1. The van der Waals surface area contributed by atoms with Gasteiger partial charge in [-0.1, -0.05) is 23.9 Å². The Hall–Kier alpha value is -3.47. The molecule has 5 rings (SSSR count). The Morgan fingerprint density at radius 2 is 2.00 bits per heavy atom. The first-order valence-corrected chi connectivity index (χ1v) is 11.9. The van der Waals surface area contributed by atoms with Gasteiger partial charge in [-0.2, -0.15) is 9.97 Å². The Labute approximate surface area is 194 Å². The van der Waals surface area contributed by atoms with Crippen LogP contribution in [-0.2, 0) is 11.2 Å². The van der Waals surface area contributed by atoms with Crippen molar-refractivity contribution in [1.29, 1.82) is 0 Å². The first-order chi connectivity index (χ1) is 16.1. The number of benzene rings is 1. The van der Waals surface area contributed by atoms with Crippen molar-refractivity contribution in [3.63, 3.8) is 0 Å². The highest BCUT2D eigenvalue weighted by Crippen LogP contribution is 2.33. The van der Waals surface area contributed by atoms with Crippen molar-refractivity contribution < 1.29 is 14.7 Å². The zero-order valence-corrected chi connectivity index (χ0v) is 19.2. The molecule has 0 radical (unpaired) electrons. The van der Waals surface area contributed by atoms with Crippen LogP contribution in [0.15, 0.2) is 30.3 Å². The summed E-state index contributed by atoms with van der Waals surface area (Å²) in [5.41, 5.74) is 1.58. The van der Waals surface area contributed by atoms with Crippen molar-refractivity contribution in [2.45, 2.75) is 26.2 Å². The SMILES string of the molecule is CCc1cc2c(N3CCN(C(=O)CCCOn4nnc5ccccc54)CC3)nc(O)nc2s1. The van der Waals surface area contributed by atoms with E-state index in [2.05, 4.69) is 38.2 Å². The Bertz CT molecular complexity index is 1280. The number of anilines is 1.